The number of nitrogens with zero attached hydrogens (tertiary/aromatic N) is 2. The number of ether oxygens (including phenoxy) is 1. The number of hydrogen-bond acceptors (Lipinski definition) is 5. The second-order valence-electron chi connectivity index (χ2n) is 6.59. The number of nitrogens with one attached hydrogen (secondary N) is 1. The first kappa shape index (κ1) is 22.4. The van der Waals surface area contributed by atoms with E-state index in [9.17, 15) is 18.0 Å². The number of carbonyl (C=O) groups excluding carboxylic acids is 2. The lowest BCUT2D eigenvalue weighted by Crippen LogP contribution is -2.27. The maximum absolute atomic E-state index is 12.8. The highest BCUT2D eigenvalue weighted by Gasteiger charge is 2.24. The fourth-order valence-electron chi connectivity index (χ4n) is 2.68. The molecule has 0 unspecified atom stereocenters. The molecule has 0 radical (unpaired) electrons. The molecule has 0 heterocycles. The molecule has 0 saturated heterocycles. The van der Waals surface area contributed by atoms with Crippen LogP contribution in [0.25, 0.3) is 0 Å². The summed E-state index contributed by atoms with van der Waals surface area (Å²) in [6.07, 6.45) is 0. The minimum Gasteiger partial charge on any atom is -0.495 e. The summed E-state index contributed by atoms with van der Waals surface area (Å²) in [4.78, 5) is 25.9. The predicted octanol–water partition coefficient (Wildman–Crippen LogP) is 1.58. The van der Waals surface area contributed by atoms with E-state index in [2.05, 4.69) is 5.32 Å². The molecule has 2 aromatic rings. The number of rotatable bonds is 7. The van der Waals surface area contributed by atoms with Crippen LogP contribution in [0.3, 0.4) is 0 Å². The van der Waals surface area contributed by atoms with Crippen LogP contribution in [-0.4, -0.2) is 64.7 Å². The van der Waals surface area contributed by atoms with Crippen LogP contribution in [0.4, 0.5) is 0 Å². The first-order valence-corrected chi connectivity index (χ1v) is 10.2. The molecule has 156 valence electrons. The minimum atomic E-state index is -3.78. The average Bonchev–Trinajstić information content (AvgIpc) is 2.72. The largest absolute Gasteiger partial charge is 0.495 e. The van der Waals surface area contributed by atoms with Crippen molar-refractivity contribution in [1.29, 1.82) is 0 Å². The maximum atomic E-state index is 12.8. The molecule has 0 saturated carbocycles. The Labute approximate surface area is 171 Å². The summed E-state index contributed by atoms with van der Waals surface area (Å²) in [6, 6.07) is 11.2. The van der Waals surface area contributed by atoms with Crippen LogP contribution in [0.1, 0.15) is 26.3 Å². The van der Waals surface area contributed by atoms with Crippen molar-refractivity contribution in [2.24, 2.45) is 0 Å². The van der Waals surface area contributed by atoms with E-state index >= 15 is 0 Å². The van der Waals surface area contributed by atoms with Crippen LogP contribution in [0, 0.1) is 0 Å². The Bertz CT molecular complexity index is 1000. The van der Waals surface area contributed by atoms with Crippen LogP contribution in [0.2, 0.25) is 0 Å². The van der Waals surface area contributed by atoms with Gasteiger partial charge in [-0.05, 0) is 35.9 Å². The highest BCUT2D eigenvalue weighted by atomic mass is 32.2. The summed E-state index contributed by atoms with van der Waals surface area (Å²) < 4.78 is 31.3. The van der Waals surface area contributed by atoms with E-state index in [-0.39, 0.29) is 28.0 Å². The van der Waals surface area contributed by atoms with Gasteiger partial charge in [-0.1, -0.05) is 12.1 Å². The van der Waals surface area contributed by atoms with Gasteiger partial charge in [-0.25, -0.2) is 12.7 Å². The zero-order valence-electron chi connectivity index (χ0n) is 17.1. The summed E-state index contributed by atoms with van der Waals surface area (Å²) in [5.41, 5.74) is 1.60. The number of amides is 2. The van der Waals surface area contributed by atoms with Gasteiger partial charge >= 0.3 is 0 Å². The topological polar surface area (TPSA) is 96.0 Å². The molecular formula is C20H25N3O5S. The van der Waals surface area contributed by atoms with Crippen molar-refractivity contribution in [3.05, 3.63) is 59.2 Å². The number of methoxy groups -OCH3 is 1. The van der Waals surface area contributed by atoms with E-state index in [4.69, 9.17) is 4.74 Å². The molecule has 0 aliphatic carbocycles. The van der Waals surface area contributed by atoms with Crippen molar-refractivity contribution in [2.45, 2.75) is 11.4 Å². The lowest BCUT2D eigenvalue weighted by atomic mass is 10.1. The smallest absolute Gasteiger partial charge is 0.253 e. The number of sulfonamides is 1. The molecule has 29 heavy (non-hydrogen) atoms. The third-order valence-electron chi connectivity index (χ3n) is 4.38. The Kier molecular flexibility index (Phi) is 6.99. The quantitative estimate of drug-likeness (QED) is 0.735. The third-order valence-corrected chi connectivity index (χ3v) is 6.22. The van der Waals surface area contributed by atoms with Gasteiger partial charge in [-0.2, -0.15) is 0 Å². The maximum Gasteiger partial charge on any atom is 0.253 e. The van der Waals surface area contributed by atoms with Crippen molar-refractivity contribution in [3.8, 4) is 5.75 Å². The van der Waals surface area contributed by atoms with Crippen molar-refractivity contribution in [3.63, 3.8) is 0 Å². The van der Waals surface area contributed by atoms with E-state index in [1.807, 2.05) is 0 Å². The molecule has 0 fully saturated rings. The highest BCUT2D eigenvalue weighted by molar-refractivity contribution is 7.89. The monoisotopic (exact) mass is 419 g/mol. The molecule has 1 N–H and O–H groups in total. The Morgan fingerprint density at radius 1 is 1.00 bits per heavy atom. The molecule has 2 amide bonds. The van der Waals surface area contributed by atoms with Crippen LogP contribution < -0.4 is 10.1 Å². The zero-order chi connectivity index (χ0) is 21.8. The van der Waals surface area contributed by atoms with Gasteiger partial charge in [-0.15, -0.1) is 0 Å². The van der Waals surface area contributed by atoms with E-state index in [0.717, 1.165) is 9.87 Å². The molecule has 0 bridgehead atoms. The first-order valence-electron chi connectivity index (χ1n) is 8.79. The van der Waals surface area contributed by atoms with Crippen LogP contribution in [-0.2, 0) is 16.6 Å². The van der Waals surface area contributed by atoms with Crippen molar-refractivity contribution < 1.29 is 22.7 Å². The van der Waals surface area contributed by atoms with Gasteiger partial charge in [0.15, 0.2) is 0 Å². The zero-order valence-corrected chi connectivity index (χ0v) is 17.9. The van der Waals surface area contributed by atoms with Gasteiger partial charge in [-0.3, -0.25) is 9.59 Å². The van der Waals surface area contributed by atoms with E-state index in [0.29, 0.717) is 12.1 Å². The molecule has 0 aromatic heterocycles. The number of carbonyl (C=O) groups is 2. The van der Waals surface area contributed by atoms with Crippen LogP contribution in [0.5, 0.6) is 5.75 Å². The second-order valence-corrected chi connectivity index (χ2v) is 8.71. The van der Waals surface area contributed by atoms with Gasteiger partial charge in [0.2, 0.25) is 10.0 Å². The lowest BCUT2D eigenvalue weighted by Gasteiger charge is -2.19. The molecule has 0 aliphatic heterocycles. The molecule has 0 spiro atoms. The van der Waals surface area contributed by atoms with Gasteiger partial charge in [0, 0.05) is 45.9 Å². The molecule has 0 atom stereocenters. The minimum absolute atomic E-state index is 0.0702. The predicted molar refractivity (Wildman–Crippen MR) is 109 cm³/mol. The number of benzene rings is 2. The van der Waals surface area contributed by atoms with E-state index < -0.39 is 10.0 Å². The second kappa shape index (κ2) is 9.06. The Morgan fingerprint density at radius 2 is 1.59 bits per heavy atom. The summed E-state index contributed by atoms with van der Waals surface area (Å²) in [6.45, 7) is 0.300. The molecule has 9 heteroatoms. The molecular weight excluding hydrogens is 394 g/mol. The van der Waals surface area contributed by atoms with Crippen molar-refractivity contribution in [1.82, 2.24) is 14.5 Å². The van der Waals surface area contributed by atoms with E-state index in [1.165, 1.54) is 44.3 Å². The van der Waals surface area contributed by atoms with Crippen molar-refractivity contribution in [2.75, 3.05) is 35.3 Å². The van der Waals surface area contributed by atoms with Crippen molar-refractivity contribution >= 4 is 21.8 Å². The number of hydrogen-bond donors (Lipinski definition) is 1. The Balaban J connectivity index is 2.26. The summed E-state index contributed by atoms with van der Waals surface area (Å²) in [7, 11) is 3.61. The summed E-state index contributed by atoms with van der Waals surface area (Å²) >= 11 is 0. The normalized spacial score (nSPS) is 11.2. The Hall–Kier alpha value is -2.91. The van der Waals surface area contributed by atoms with Gasteiger partial charge in [0.05, 0.1) is 7.11 Å². The molecule has 0 aliphatic rings. The standard InChI is InChI=1S/C20H25N3O5S/c1-21-19(24)15-8-6-14(7-9-15)13-23(4)20(25)16-10-11-17(28-5)18(12-16)29(26,27)22(2)3/h6-12H,13H2,1-5H3,(H,21,24). The van der Waals surface area contributed by atoms with Gasteiger partial charge in [0.25, 0.3) is 11.8 Å². The van der Waals surface area contributed by atoms with E-state index in [1.54, 1.807) is 38.4 Å². The average molecular weight is 420 g/mol. The molecule has 8 nitrogen and oxygen atoms in total. The lowest BCUT2D eigenvalue weighted by molar-refractivity contribution is 0.0784. The summed E-state index contributed by atoms with van der Waals surface area (Å²) in [5.74, 6) is -0.352. The van der Waals surface area contributed by atoms with Gasteiger partial charge in [0.1, 0.15) is 10.6 Å². The highest BCUT2D eigenvalue weighted by Crippen LogP contribution is 2.27. The fourth-order valence-corrected chi connectivity index (χ4v) is 3.75. The molecule has 2 rings (SSSR count). The summed E-state index contributed by atoms with van der Waals surface area (Å²) in [5, 5.41) is 2.55. The SMILES string of the molecule is CNC(=O)c1ccc(CN(C)C(=O)c2ccc(OC)c(S(=O)(=O)N(C)C)c2)cc1. The van der Waals surface area contributed by atoms with Crippen LogP contribution in [0.15, 0.2) is 47.4 Å². The third kappa shape index (κ3) is 4.93. The van der Waals surface area contributed by atoms with Crippen LogP contribution >= 0.6 is 0 Å². The fraction of sp³-hybridized carbons (Fsp3) is 0.300. The first-order chi connectivity index (χ1) is 13.6. The Morgan fingerprint density at radius 3 is 2.10 bits per heavy atom. The van der Waals surface area contributed by atoms with Gasteiger partial charge < -0.3 is 15.0 Å². The molecule has 2 aromatic carbocycles.